The second kappa shape index (κ2) is 27.8. The van der Waals surface area contributed by atoms with Gasteiger partial charge in [-0.25, -0.2) is 14.6 Å². The molecule has 0 bridgehead atoms. The molecule has 496 valence electrons. The highest BCUT2D eigenvalue weighted by Gasteiger charge is 2.48. The molecule has 7 N–H and O–H groups in total. The molecule has 5 aliphatic heterocycles. The number of nitrogens with one attached hydrogen (secondary N) is 4. The summed E-state index contributed by atoms with van der Waals surface area (Å²) in [6.45, 7) is 17.5. The zero-order valence-corrected chi connectivity index (χ0v) is 54.5. The quantitative estimate of drug-likeness (QED) is 0.0957. The molecule has 10 amide bonds. The Morgan fingerprint density at radius 1 is 0.659 bits per heavy atom. The van der Waals surface area contributed by atoms with E-state index < -0.39 is 197 Å². The monoisotopic (exact) mass is 1270 g/mol. The summed E-state index contributed by atoms with van der Waals surface area (Å²) in [4.78, 5) is 199. The SMILES string of the molecule is Cc1c2oc3c(C)ccc(C(=O)NC4C(=O)N[C@H](C(C)C)C(=O)N5CCC[C@H]5C(=O)N(C)CC(=O)N(C)[C@@H](C(C)C)C(=O)O[C@@H]4C)c3nc-2c(C(=O)N[C@@H]2C(=O)N[C@H](C(C)C)C(=O)N3C[C@H](O)C[C@H]3C(=O)N(C)CC(=O)N(C)[C@@H](C(C)C)C(=O)O[C@@H]2C)c(N)c1=O. The Balaban J connectivity index is 1.32. The molecule has 91 heavy (non-hydrogen) atoms. The summed E-state index contributed by atoms with van der Waals surface area (Å²) in [5.74, 6) is -13.1. The fourth-order valence-electron chi connectivity index (χ4n) is 12.3. The van der Waals surface area contributed by atoms with Crippen LogP contribution in [0.15, 0.2) is 21.3 Å². The topological polar surface area (TPSA) is 380 Å². The molecule has 0 aromatic heterocycles. The number of cyclic esters (lactones) is 2. The fourth-order valence-corrected chi connectivity index (χ4v) is 12.3. The smallest absolute Gasteiger partial charge is 0.329 e. The number of carbonyl (C=O) groups is 12. The molecule has 29 heteroatoms. The zero-order chi connectivity index (χ0) is 67.8. The lowest BCUT2D eigenvalue weighted by atomic mass is 9.98. The van der Waals surface area contributed by atoms with Crippen molar-refractivity contribution >= 4 is 87.8 Å². The number of likely N-dealkylation sites (N-methyl/N-ethyl adjacent to an activating group) is 4. The van der Waals surface area contributed by atoms with Crippen molar-refractivity contribution in [3.05, 3.63) is 44.6 Å². The first-order valence-corrected chi connectivity index (χ1v) is 30.6. The number of nitrogens with two attached hydrogens (primary N) is 1. The van der Waals surface area contributed by atoms with Gasteiger partial charge in [0.2, 0.25) is 52.7 Å². The van der Waals surface area contributed by atoms with E-state index in [2.05, 4.69) is 21.3 Å². The molecule has 4 saturated heterocycles. The van der Waals surface area contributed by atoms with Gasteiger partial charge >= 0.3 is 11.9 Å². The van der Waals surface area contributed by atoms with Crippen LogP contribution in [0.3, 0.4) is 0 Å². The van der Waals surface area contributed by atoms with Gasteiger partial charge in [0.25, 0.3) is 11.8 Å². The van der Waals surface area contributed by atoms with Crippen LogP contribution in [0.5, 0.6) is 0 Å². The van der Waals surface area contributed by atoms with Crippen LogP contribution in [0.2, 0.25) is 0 Å². The summed E-state index contributed by atoms with van der Waals surface area (Å²) in [5.41, 5.74) is 3.38. The van der Waals surface area contributed by atoms with Gasteiger partial charge in [-0.05, 0) is 75.8 Å². The third-order valence-electron chi connectivity index (χ3n) is 17.5. The number of aromatic nitrogens is 1. The van der Waals surface area contributed by atoms with E-state index in [4.69, 9.17) is 24.6 Å². The van der Waals surface area contributed by atoms with Crippen LogP contribution in [-0.4, -0.2) is 232 Å². The molecular weight excluding hydrogens is 1180 g/mol. The maximum Gasteiger partial charge on any atom is 0.329 e. The van der Waals surface area contributed by atoms with E-state index in [-0.39, 0.29) is 53.9 Å². The number of nitrogens with zero attached hydrogens (tertiary/aromatic N) is 7. The summed E-state index contributed by atoms with van der Waals surface area (Å²) in [6, 6.07) is -8.46. The van der Waals surface area contributed by atoms with Crippen molar-refractivity contribution < 1.29 is 76.5 Å². The number of aliphatic hydroxyl groups excluding tert-OH is 1. The van der Waals surface area contributed by atoms with Crippen molar-refractivity contribution in [3.63, 3.8) is 0 Å². The van der Waals surface area contributed by atoms with Gasteiger partial charge in [0.05, 0.1) is 36.0 Å². The summed E-state index contributed by atoms with van der Waals surface area (Å²) in [7, 11) is 5.46. The number of fused-ring (bicyclic) bond motifs is 4. The van der Waals surface area contributed by atoms with E-state index in [1.807, 2.05) is 0 Å². The first-order chi connectivity index (χ1) is 42.5. The minimum Gasteiger partial charge on any atom is -0.458 e. The molecule has 0 saturated carbocycles. The summed E-state index contributed by atoms with van der Waals surface area (Å²) < 4.78 is 18.3. The van der Waals surface area contributed by atoms with E-state index in [1.54, 1.807) is 62.3 Å². The van der Waals surface area contributed by atoms with Gasteiger partial charge in [-0.1, -0.05) is 61.5 Å². The van der Waals surface area contributed by atoms with Gasteiger partial charge in [-0.3, -0.25) is 52.7 Å². The standard InChI is InChI=1S/C62H86N12O17/c1-26(2)42-59(85)73-21-17-18-36(73)57(83)69(13)24-38(76)71(15)48(28(5)6)61(87)89-32(11)44(55(81)65-42)67-53(79)35-20-19-30(9)51-46(35)64-47-40(41(63)50(78)31(10)52(47)91-51)54(80)68-45-33(12)90-62(88)49(29(7)8)72(16)39(77)25-70(14)58(84)37-22-34(75)23-74(37)60(86)43(27(3)4)66-56(45)82/h19-20,26-29,32-34,36-37,42-45,48-49,75H,17-18,21-25,63H2,1-16H3,(H,65,81)(H,66,82)(H,67,79)(H,68,80)/t32-,33-,34-,36+,37+,42-,43-,44?,45+,48+,49+/m1/s1. The van der Waals surface area contributed by atoms with Gasteiger partial charge in [-0.15, -0.1) is 0 Å². The molecule has 0 radical (unpaired) electrons. The average molecular weight is 1270 g/mol. The van der Waals surface area contributed by atoms with Gasteiger partial charge in [-0.2, -0.15) is 0 Å². The summed E-state index contributed by atoms with van der Waals surface area (Å²) in [6.07, 6.45) is -3.77. The molecule has 5 heterocycles. The van der Waals surface area contributed by atoms with E-state index in [0.717, 1.165) is 19.6 Å². The molecular formula is C62H86N12O17. The Hall–Kier alpha value is -8.76. The number of benzene rings is 2. The third-order valence-corrected chi connectivity index (χ3v) is 17.5. The van der Waals surface area contributed by atoms with Crippen LogP contribution >= 0.6 is 0 Å². The van der Waals surface area contributed by atoms with Crippen LogP contribution < -0.4 is 32.4 Å². The van der Waals surface area contributed by atoms with Gasteiger partial charge in [0.1, 0.15) is 71.8 Å². The first kappa shape index (κ1) is 69.7. The number of nitrogen functional groups attached to an aromatic ring is 1. The largest absolute Gasteiger partial charge is 0.458 e. The zero-order valence-electron chi connectivity index (χ0n) is 54.5. The molecule has 1 aromatic rings. The van der Waals surface area contributed by atoms with Crippen LogP contribution in [0.1, 0.15) is 120 Å². The number of aliphatic hydroxyl groups is 1. The van der Waals surface area contributed by atoms with Crippen LogP contribution in [0.25, 0.3) is 22.6 Å². The average Bonchev–Trinajstić information content (AvgIpc) is 1.68. The predicted molar refractivity (Wildman–Crippen MR) is 327 cm³/mol. The number of rotatable bonds is 8. The number of aryl methyl sites for hydroxylation is 1. The summed E-state index contributed by atoms with van der Waals surface area (Å²) in [5, 5.41) is 21.4. The van der Waals surface area contributed by atoms with E-state index in [1.165, 1.54) is 70.9 Å². The molecule has 0 spiro atoms. The lowest BCUT2D eigenvalue weighted by Gasteiger charge is -2.36. The lowest BCUT2D eigenvalue weighted by Crippen LogP contribution is -2.61. The van der Waals surface area contributed by atoms with Gasteiger partial charge in [0.15, 0.2) is 11.3 Å². The number of anilines is 1. The third kappa shape index (κ3) is 14.1. The van der Waals surface area contributed by atoms with Crippen LogP contribution in [-0.2, 0) is 57.4 Å². The highest BCUT2D eigenvalue weighted by Crippen LogP contribution is 2.35. The number of hydrogen-bond donors (Lipinski definition) is 6. The van der Waals surface area contributed by atoms with Crippen molar-refractivity contribution in [3.8, 4) is 11.5 Å². The molecule has 29 nitrogen and oxygen atoms in total. The molecule has 4 fully saturated rings. The van der Waals surface area contributed by atoms with E-state index >= 15 is 9.59 Å². The van der Waals surface area contributed by atoms with E-state index in [9.17, 15) is 57.8 Å². The molecule has 1 unspecified atom stereocenters. The maximum absolute atomic E-state index is 15.2. The number of esters is 2. The normalized spacial score (nSPS) is 26.9. The second-order valence-corrected chi connectivity index (χ2v) is 25.8. The first-order valence-electron chi connectivity index (χ1n) is 30.6. The predicted octanol–water partition coefficient (Wildman–Crippen LogP) is -0.304. The number of amides is 10. The van der Waals surface area contributed by atoms with Crippen LogP contribution in [0.4, 0.5) is 5.69 Å². The van der Waals surface area contributed by atoms with Crippen LogP contribution in [0, 0.1) is 37.5 Å². The molecule has 11 atom stereocenters. The highest BCUT2D eigenvalue weighted by atomic mass is 16.6. The number of hydrogen-bond acceptors (Lipinski definition) is 19. The van der Waals surface area contributed by atoms with Crippen molar-refractivity contribution in [2.45, 2.75) is 169 Å². The van der Waals surface area contributed by atoms with Gasteiger partial charge in [0, 0.05) is 53.3 Å². The van der Waals surface area contributed by atoms with Crippen molar-refractivity contribution in [1.82, 2.24) is 55.7 Å². The molecule has 1 aromatic carbocycles. The minimum atomic E-state index is -1.94. The Morgan fingerprint density at radius 3 is 1.62 bits per heavy atom. The Kier molecular flexibility index (Phi) is 21.3. The molecule has 7 rings (SSSR count). The lowest BCUT2D eigenvalue weighted by molar-refractivity contribution is -0.163. The highest BCUT2D eigenvalue weighted by molar-refractivity contribution is 6.10. The number of carbonyl (C=O) groups excluding carboxylic acids is 12. The van der Waals surface area contributed by atoms with Crippen molar-refractivity contribution in [2.24, 2.45) is 23.7 Å². The Bertz CT molecular complexity index is 3460. The van der Waals surface area contributed by atoms with Crippen molar-refractivity contribution in [2.75, 3.05) is 60.1 Å². The Labute approximate surface area is 527 Å². The van der Waals surface area contributed by atoms with Crippen molar-refractivity contribution in [1.29, 1.82) is 0 Å². The molecule has 6 aliphatic rings. The Morgan fingerprint density at radius 2 is 1.13 bits per heavy atom. The maximum atomic E-state index is 15.2. The number of ether oxygens (including phenoxy) is 2. The second-order valence-electron chi connectivity index (χ2n) is 25.8. The minimum absolute atomic E-state index is 0.0925. The molecule has 1 aliphatic carbocycles. The van der Waals surface area contributed by atoms with Gasteiger partial charge < -0.3 is 75.4 Å². The fraction of sp³-hybridized carbons (Fsp3) is 0.613. The summed E-state index contributed by atoms with van der Waals surface area (Å²) >= 11 is 0. The van der Waals surface area contributed by atoms with E-state index in [0.29, 0.717) is 12.0 Å².